The van der Waals surface area contributed by atoms with Crippen LogP contribution in [-0.2, 0) is 37.8 Å². The van der Waals surface area contributed by atoms with Gasteiger partial charge in [0.05, 0.1) is 24.9 Å². The molecule has 19 heteroatoms. The van der Waals surface area contributed by atoms with Crippen molar-refractivity contribution in [3.63, 3.8) is 0 Å². The van der Waals surface area contributed by atoms with Crippen molar-refractivity contribution >= 4 is 17.9 Å². The van der Waals surface area contributed by atoms with Gasteiger partial charge in [-0.15, -0.1) is 9.78 Å². The highest BCUT2D eigenvalue weighted by atomic mass is 35.5. The Labute approximate surface area is 272 Å². The van der Waals surface area contributed by atoms with Crippen LogP contribution in [-0.4, -0.2) is 97.3 Å². The van der Waals surface area contributed by atoms with Gasteiger partial charge in [-0.2, -0.15) is 4.57 Å². The molecule has 250 valence electrons. The third-order valence-electron chi connectivity index (χ3n) is 7.77. The van der Waals surface area contributed by atoms with E-state index in [1.165, 1.54) is 42.7 Å². The molecule has 6 rings (SSSR count). The molecule has 2 fully saturated rings. The summed E-state index contributed by atoms with van der Waals surface area (Å²) >= 11 is 0. The number of hydrogen-bond acceptors (Lipinski definition) is 11. The minimum absolute atomic E-state index is 0. The SMILES string of the molecule is C[C@@H](N1CCN(c2ccc(-n3cnnn3)cc2)C1=O)[C@](O)(C[n+]1cn(COC(=O)OC2COCOC2)cn1)c1ccc(F)cc1F.[Cl-]. The summed E-state index contributed by atoms with van der Waals surface area (Å²) in [6, 6.07) is 8.42. The summed E-state index contributed by atoms with van der Waals surface area (Å²) in [5.74, 6) is -1.81. The molecule has 2 atom stereocenters. The zero-order valence-electron chi connectivity index (χ0n) is 24.9. The summed E-state index contributed by atoms with van der Waals surface area (Å²) in [6.07, 6.45) is 2.65. The first-order chi connectivity index (χ1) is 22.2. The van der Waals surface area contributed by atoms with Gasteiger partial charge in [-0.05, 0) is 52.8 Å². The third-order valence-corrected chi connectivity index (χ3v) is 7.77. The number of rotatable bonds is 10. The van der Waals surface area contributed by atoms with Gasteiger partial charge >= 0.3 is 12.2 Å². The van der Waals surface area contributed by atoms with Crippen LogP contribution in [0.1, 0.15) is 12.5 Å². The molecule has 47 heavy (non-hydrogen) atoms. The number of aliphatic hydroxyl groups is 1. The van der Waals surface area contributed by atoms with Crippen molar-refractivity contribution in [3.05, 3.63) is 78.6 Å². The second-order valence-electron chi connectivity index (χ2n) is 10.7. The lowest BCUT2D eigenvalue weighted by molar-refractivity contribution is -0.765. The first-order valence-corrected chi connectivity index (χ1v) is 14.2. The first kappa shape index (κ1) is 33.6. The maximum absolute atomic E-state index is 15.2. The highest BCUT2D eigenvalue weighted by Crippen LogP contribution is 2.34. The molecule has 0 aliphatic carbocycles. The molecule has 2 aromatic heterocycles. The number of carbonyl (C=O) groups is 2. The van der Waals surface area contributed by atoms with E-state index in [4.69, 9.17) is 18.9 Å². The Morgan fingerprint density at radius 3 is 2.57 bits per heavy atom. The topological polar surface area (TPSA) is 163 Å². The van der Waals surface area contributed by atoms with E-state index in [2.05, 4.69) is 20.6 Å². The summed E-state index contributed by atoms with van der Waals surface area (Å²) < 4.78 is 53.7. The fourth-order valence-corrected chi connectivity index (χ4v) is 5.35. The number of amides is 2. The van der Waals surface area contributed by atoms with Gasteiger partial charge in [0.25, 0.3) is 6.33 Å². The average molecular weight is 678 g/mol. The predicted molar refractivity (Wildman–Crippen MR) is 149 cm³/mol. The fourth-order valence-electron chi connectivity index (χ4n) is 5.35. The van der Waals surface area contributed by atoms with Crippen LogP contribution in [0.3, 0.4) is 0 Å². The van der Waals surface area contributed by atoms with Gasteiger partial charge in [0, 0.05) is 30.4 Å². The number of anilines is 1. The van der Waals surface area contributed by atoms with Crippen LogP contribution in [0.15, 0.2) is 61.4 Å². The van der Waals surface area contributed by atoms with E-state index in [0.717, 1.165) is 12.1 Å². The molecule has 0 saturated carbocycles. The minimum Gasteiger partial charge on any atom is -1.00 e. The predicted octanol–water partition coefficient (Wildman–Crippen LogP) is -1.87. The Bertz CT molecular complexity index is 1670. The van der Waals surface area contributed by atoms with Gasteiger partial charge in [0.15, 0.2) is 11.7 Å². The monoisotopic (exact) mass is 677 g/mol. The van der Waals surface area contributed by atoms with Crippen molar-refractivity contribution in [1.82, 2.24) is 34.8 Å². The van der Waals surface area contributed by atoms with Crippen LogP contribution in [0, 0.1) is 11.6 Å². The number of urea groups is 1. The van der Waals surface area contributed by atoms with Crippen LogP contribution in [0.2, 0.25) is 0 Å². The van der Waals surface area contributed by atoms with Crippen LogP contribution < -0.4 is 22.0 Å². The van der Waals surface area contributed by atoms with E-state index in [-0.39, 0.29) is 57.8 Å². The number of carbonyl (C=O) groups excluding carboxylic acids is 2. The van der Waals surface area contributed by atoms with E-state index >= 15 is 4.39 Å². The molecule has 2 amide bonds. The van der Waals surface area contributed by atoms with E-state index in [9.17, 15) is 19.1 Å². The van der Waals surface area contributed by atoms with Gasteiger partial charge in [0.1, 0.15) is 31.3 Å². The molecule has 0 bridgehead atoms. The number of hydrogen-bond donors (Lipinski definition) is 1. The van der Waals surface area contributed by atoms with Gasteiger partial charge in [-0.1, -0.05) is 6.07 Å². The summed E-state index contributed by atoms with van der Waals surface area (Å²) in [5.41, 5.74) is -1.00. The highest BCUT2D eigenvalue weighted by molar-refractivity contribution is 5.94. The maximum Gasteiger partial charge on any atom is 0.511 e. The highest BCUT2D eigenvalue weighted by Gasteiger charge is 2.48. The van der Waals surface area contributed by atoms with Gasteiger partial charge in [0.2, 0.25) is 13.1 Å². The van der Waals surface area contributed by atoms with Crippen molar-refractivity contribution in [2.24, 2.45) is 0 Å². The van der Waals surface area contributed by atoms with Crippen molar-refractivity contribution in [2.45, 2.75) is 37.9 Å². The van der Waals surface area contributed by atoms with Crippen molar-refractivity contribution in [1.29, 1.82) is 0 Å². The van der Waals surface area contributed by atoms with E-state index in [1.807, 2.05) is 0 Å². The zero-order valence-corrected chi connectivity index (χ0v) is 25.7. The van der Waals surface area contributed by atoms with Crippen LogP contribution >= 0.6 is 0 Å². The molecule has 2 aliphatic rings. The number of aromatic nitrogens is 7. The lowest BCUT2D eigenvalue weighted by atomic mass is 9.85. The summed E-state index contributed by atoms with van der Waals surface area (Å²) in [4.78, 5) is 28.7. The molecule has 0 spiro atoms. The number of benzene rings is 2. The van der Waals surface area contributed by atoms with Gasteiger partial charge in [-0.3, -0.25) is 4.90 Å². The summed E-state index contributed by atoms with van der Waals surface area (Å²) in [6.45, 7) is 1.96. The minimum atomic E-state index is -2.07. The summed E-state index contributed by atoms with van der Waals surface area (Å²) in [5, 5.41) is 27.5. The number of nitrogens with zero attached hydrogens (tertiary/aromatic N) is 9. The maximum atomic E-state index is 15.2. The van der Waals surface area contributed by atoms with E-state index in [0.29, 0.717) is 24.0 Å². The molecule has 2 aromatic carbocycles. The Hall–Kier alpha value is -4.78. The zero-order chi connectivity index (χ0) is 32.3. The number of tetrazole rings is 1. The fraction of sp³-hybridized carbons (Fsp3) is 0.393. The second-order valence-corrected chi connectivity index (χ2v) is 10.7. The Morgan fingerprint density at radius 1 is 1.13 bits per heavy atom. The van der Waals surface area contributed by atoms with E-state index < -0.39 is 41.6 Å². The number of halogens is 3. The first-order valence-electron chi connectivity index (χ1n) is 14.2. The lowest BCUT2D eigenvalue weighted by Gasteiger charge is -2.38. The molecule has 2 saturated heterocycles. The normalized spacial score (nSPS) is 17.2. The molecule has 0 radical (unpaired) electrons. The van der Waals surface area contributed by atoms with Crippen LogP contribution in [0.25, 0.3) is 5.69 Å². The summed E-state index contributed by atoms with van der Waals surface area (Å²) in [7, 11) is 0. The molecular weight excluding hydrogens is 648 g/mol. The average Bonchev–Trinajstić information content (AvgIpc) is 3.82. The quantitative estimate of drug-likeness (QED) is 0.148. The molecule has 4 aromatic rings. The second kappa shape index (κ2) is 14.3. The molecule has 0 unspecified atom stereocenters. The molecule has 1 N–H and O–H groups in total. The molecule has 4 heterocycles. The van der Waals surface area contributed by atoms with Crippen molar-refractivity contribution in [2.75, 3.05) is 38.0 Å². The largest absolute Gasteiger partial charge is 1.00 e. The number of ether oxygens (including phenoxy) is 4. The van der Waals surface area contributed by atoms with Crippen molar-refractivity contribution < 1.29 is 59.5 Å². The van der Waals surface area contributed by atoms with Crippen LogP contribution in [0.5, 0.6) is 0 Å². The molecule has 16 nitrogen and oxygen atoms in total. The van der Waals surface area contributed by atoms with Gasteiger partial charge in [-0.25, -0.2) is 23.1 Å². The molecule has 2 aliphatic heterocycles. The Kier molecular flexibility index (Phi) is 10.2. The third kappa shape index (κ3) is 7.30. The van der Waals surface area contributed by atoms with Crippen LogP contribution in [0.4, 0.5) is 24.1 Å². The lowest BCUT2D eigenvalue weighted by Crippen LogP contribution is -3.00. The standard InChI is InChI=1S/C28H30F2N9O7.ClH/c1-19(37-8-9-38(26(37)40)21-3-5-22(6-4-21)39-14-31-33-34-39)28(42,24-7-2-20(29)10-25(24)30)13-36-16-35(15-32-36)17-45-27(41)46-23-11-43-18-44-12-23;/h2-7,10,14-16,19,23,42H,8-9,11-13,17-18H2,1H3;1H/q+1;/p-1/t19-,28-;/m1./s1. The Morgan fingerprint density at radius 2 is 1.87 bits per heavy atom. The van der Waals surface area contributed by atoms with Gasteiger partial charge < -0.3 is 41.4 Å². The molecular formula is C28H30ClF2N9O7. The van der Waals surface area contributed by atoms with Crippen molar-refractivity contribution in [3.8, 4) is 5.69 Å². The van der Waals surface area contributed by atoms with E-state index in [1.54, 1.807) is 31.2 Å². The Balaban J connectivity index is 0.00000433. The smallest absolute Gasteiger partial charge is 0.511 e.